The second-order valence-corrected chi connectivity index (χ2v) is 3.39. The first-order chi connectivity index (χ1) is 5.29. The van der Waals surface area contributed by atoms with Gasteiger partial charge in [-0.05, 0) is 31.3 Å². The maximum Gasteiger partial charge on any atom is 0.230 e. The third-order valence-electron chi connectivity index (χ3n) is 2.69. The van der Waals surface area contributed by atoms with E-state index in [4.69, 9.17) is 0 Å². The van der Waals surface area contributed by atoms with Gasteiger partial charge in [-0.25, -0.2) is 0 Å². The first kappa shape index (κ1) is 6.89. The standard InChI is InChI=1S/C9H13NO/c1-10-8-5-3-2-4-7(8)6-9(10)11/h2-6H2,1H3. The van der Waals surface area contributed by atoms with Crippen molar-refractivity contribution < 1.29 is 4.79 Å². The molecular formula is C9H13NO. The van der Waals surface area contributed by atoms with E-state index in [1.165, 1.54) is 24.1 Å². The molecule has 0 saturated heterocycles. The lowest BCUT2D eigenvalue weighted by molar-refractivity contribution is -0.126. The van der Waals surface area contributed by atoms with Crippen molar-refractivity contribution >= 4 is 5.91 Å². The topological polar surface area (TPSA) is 20.3 Å². The van der Waals surface area contributed by atoms with Crippen LogP contribution in [0.3, 0.4) is 0 Å². The maximum atomic E-state index is 11.2. The molecule has 2 nitrogen and oxygen atoms in total. The highest BCUT2D eigenvalue weighted by Crippen LogP contribution is 2.34. The lowest BCUT2D eigenvalue weighted by Gasteiger charge is -2.18. The van der Waals surface area contributed by atoms with E-state index in [2.05, 4.69) is 0 Å². The molecule has 1 aliphatic heterocycles. The lowest BCUT2D eigenvalue weighted by Crippen LogP contribution is -2.19. The summed E-state index contributed by atoms with van der Waals surface area (Å²) in [7, 11) is 1.90. The van der Waals surface area contributed by atoms with Crippen molar-refractivity contribution in [3.05, 3.63) is 11.3 Å². The summed E-state index contributed by atoms with van der Waals surface area (Å²) in [5.74, 6) is 0.289. The van der Waals surface area contributed by atoms with E-state index in [1.807, 2.05) is 11.9 Å². The van der Waals surface area contributed by atoms with E-state index in [-0.39, 0.29) is 5.91 Å². The summed E-state index contributed by atoms with van der Waals surface area (Å²) in [4.78, 5) is 13.1. The van der Waals surface area contributed by atoms with E-state index in [1.54, 1.807) is 0 Å². The highest BCUT2D eigenvalue weighted by Gasteiger charge is 2.27. The van der Waals surface area contributed by atoms with Gasteiger partial charge >= 0.3 is 0 Å². The minimum Gasteiger partial charge on any atom is -0.319 e. The van der Waals surface area contributed by atoms with E-state index < -0.39 is 0 Å². The largest absolute Gasteiger partial charge is 0.319 e. The van der Waals surface area contributed by atoms with Crippen LogP contribution in [0, 0.1) is 0 Å². The molecule has 0 unspecified atom stereocenters. The van der Waals surface area contributed by atoms with Crippen molar-refractivity contribution in [2.24, 2.45) is 0 Å². The van der Waals surface area contributed by atoms with Crippen molar-refractivity contribution in [2.45, 2.75) is 32.1 Å². The van der Waals surface area contributed by atoms with Crippen LogP contribution in [0.2, 0.25) is 0 Å². The number of carbonyl (C=O) groups is 1. The molecule has 2 rings (SSSR count). The van der Waals surface area contributed by atoms with Crippen molar-refractivity contribution in [3.63, 3.8) is 0 Å². The minimum atomic E-state index is 0.289. The normalized spacial score (nSPS) is 24.5. The predicted octanol–water partition coefficient (Wildman–Crippen LogP) is 1.68. The third-order valence-corrected chi connectivity index (χ3v) is 2.69. The number of hydrogen-bond acceptors (Lipinski definition) is 1. The molecule has 1 heterocycles. The molecule has 0 spiro atoms. The molecule has 0 atom stereocenters. The van der Waals surface area contributed by atoms with Crippen LogP contribution in [0.4, 0.5) is 0 Å². The van der Waals surface area contributed by atoms with Crippen LogP contribution in [-0.2, 0) is 4.79 Å². The van der Waals surface area contributed by atoms with Crippen molar-refractivity contribution in [1.29, 1.82) is 0 Å². The molecule has 2 aliphatic rings. The van der Waals surface area contributed by atoms with Gasteiger partial charge in [-0.2, -0.15) is 0 Å². The molecule has 0 fully saturated rings. The van der Waals surface area contributed by atoms with Crippen molar-refractivity contribution in [3.8, 4) is 0 Å². The van der Waals surface area contributed by atoms with Gasteiger partial charge in [0, 0.05) is 12.7 Å². The maximum absolute atomic E-state index is 11.2. The highest BCUT2D eigenvalue weighted by atomic mass is 16.2. The molecule has 0 bridgehead atoms. The van der Waals surface area contributed by atoms with E-state index in [9.17, 15) is 4.79 Å². The molecular weight excluding hydrogens is 138 g/mol. The Balaban J connectivity index is 2.27. The van der Waals surface area contributed by atoms with Gasteiger partial charge in [-0.15, -0.1) is 0 Å². The first-order valence-corrected chi connectivity index (χ1v) is 4.26. The molecule has 60 valence electrons. The fourth-order valence-corrected chi connectivity index (χ4v) is 2.00. The molecule has 0 aromatic heterocycles. The van der Waals surface area contributed by atoms with Gasteiger partial charge in [0.15, 0.2) is 0 Å². The Kier molecular flexibility index (Phi) is 1.48. The predicted molar refractivity (Wildman–Crippen MR) is 42.9 cm³/mol. The summed E-state index contributed by atoms with van der Waals surface area (Å²) in [6.07, 6.45) is 5.52. The number of hydrogen-bond donors (Lipinski definition) is 0. The second kappa shape index (κ2) is 2.36. The van der Waals surface area contributed by atoms with Gasteiger partial charge in [0.2, 0.25) is 5.91 Å². The summed E-state index contributed by atoms with van der Waals surface area (Å²) in [5.41, 5.74) is 2.73. The second-order valence-electron chi connectivity index (χ2n) is 3.39. The van der Waals surface area contributed by atoms with Crippen molar-refractivity contribution in [1.82, 2.24) is 4.90 Å². The smallest absolute Gasteiger partial charge is 0.230 e. The molecule has 1 amide bonds. The van der Waals surface area contributed by atoms with Gasteiger partial charge in [-0.1, -0.05) is 0 Å². The summed E-state index contributed by atoms with van der Waals surface area (Å²) in [5, 5.41) is 0. The lowest BCUT2D eigenvalue weighted by atomic mass is 9.97. The quantitative estimate of drug-likeness (QED) is 0.515. The average Bonchev–Trinajstić information content (AvgIpc) is 2.30. The van der Waals surface area contributed by atoms with Crippen LogP contribution in [0.5, 0.6) is 0 Å². The van der Waals surface area contributed by atoms with Gasteiger partial charge in [0.25, 0.3) is 0 Å². The minimum absolute atomic E-state index is 0.289. The Morgan fingerprint density at radius 1 is 1.27 bits per heavy atom. The number of nitrogens with zero attached hydrogens (tertiary/aromatic N) is 1. The SMILES string of the molecule is CN1C(=O)CC2=C1CCCC2. The highest BCUT2D eigenvalue weighted by molar-refractivity contribution is 5.84. The van der Waals surface area contributed by atoms with Crippen LogP contribution in [-0.4, -0.2) is 17.9 Å². The monoisotopic (exact) mass is 151 g/mol. The molecule has 11 heavy (non-hydrogen) atoms. The Morgan fingerprint density at radius 2 is 2.00 bits per heavy atom. The molecule has 0 aromatic rings. The van der Waals surface area contributed by atoms with Crippen molar-refractivity contribution in [2.75, 3.05) is 7.05 Å². The molecule has 2 heteroatoms. The summed E-state index contributed by atoms with van der Waals surface area (Å²) < 4.78 is 0. The molecule has 0 N–H and O–H groups in total. The fraction of sp³-hybridized carbons (Fsp3) is 0.667. The third kappa shape index (κ3) is 0.971. The number of allylic oxidation sites excluding steroid dienone is 1. The Bertz CT molecular complexity index is 230. The number of rotatable bonds is 0. The van der Waals surface area contributed by atoms with Crippen LogP contribution in [0.25, 0.3) is 0 Å². The van der Waals surface area contributed by atoms with Gasteiger partial charge in [0.05, 0.1) is 6.42 Å². The zero-order valence-electron chi connectivity index (χ0n) is 6.89. The molecule has 0 saturated carbocycles. The Morgan fingerprint density at radius 3 is 2.73 bits per heavy atom. The average molecular weight is 151 g/mol. The van der Waals surface area contributed by atoms with E-state index in [0.717, 1.165) is 12.8 Å². The first-order valence-electron chi connectivity index (χ1n) is 4.26. The van der Waals surface area contributed by atoms with Crippen LogP contribution in [0.15, 0.2) is 11.3 Å². The van der Waals surface area contributed by atoms with Crippen LogP contribution >= 0.6 is 0 Å². The Labute approximate surface area is 66.9 Å². The van der Waals surface area contributed by atoms with E-state index >= 15 is 0 Å². The molecule has 0 aromatic carbocycles. The molecule has 1 aliphatic carbocycles. The van der Waals surface area contributed by atoms with E-state index in [0.29, 0.717) is 6.42 Å². The number of amides is 1. The van der Waals surface area contributed by atoms with Crippen LogP contribution < -0.4 is 0 Å². The zero-order chi connectivity index (χ0) is 7.84. The zero-order valence-corrected chi connectivity index (χ0v) is 6.89. The fourth-order valence-electron chi connectivity index (χ4n) is 2.00. The van der Waals surface area contributed by atoms with Gasteiger partial charge < -0.3 is 4.90 Å². The van der Waals surface area contributed by atoms with Gasteiger partial charge in [-0.3, -0.25) is 4.79 Å². The van der Waals surface area contributed by atoms with Gasteiger partial charge in [0.1, 0.15) is 0 Å². The summed E-state index contributed by atoms with van der Waals surface area (Å²) in [6.45, 7) is 0. The van der Waals surface area contributed by atoms with Crippen LogP contribution in [0.1, 0.15) is 32.1 Å². The molecule has 0 radical (unpaired) electrons. The summed E-state index contributed by atoms with van der Waals surface area (Å²) in [6, 6.07) is 0. The Hall–Kier alpha value is -0.790. The number of carbonyl (C=O) groups excluding carboxylic acids is 1. The summed E-state index contributed by atoms with van der Waals surface area (Å²) >= 11 is 0.